The first-order valence-electron chi connectivity index (χ1n) is 8.87. The third kappa shape index (κ3) is 4.28. The third-order valence-corrected chi connectivity index (χ3v) is 4.95. The fraction of sp³-hybridized carbons (Fsp3) is 0.579. The number of nitrogens with one attached hydrogen (secondary N) is 1. The molecule has 1 N–H and O–H groups in total. The fourth-order valence-electron chi connectivity index (χ4n) is 3.25. The number of carbonyl (C=O) groups is 2. The molecule has 130 valence electrons. The Morgan fingerprint density at radius 2 is 1.92 bits per heavy atom. The number of amides is 2. The normalized spacial score (nSPS) is 18.3. The minimum Gasteiger partial charge on any atom is -0.497 e. The van der Waals surface area contributed by atoms with E-state index < -0.39 is 0 Å². The molecule has 5 nitrogen and oxygen atoms in total. The zero-order valence-corrected chi connectivity index (χ0v) is 14.3. The van der Waals surface area contributed by atoms with E-state index in [4.69, 9.17) is 4.74 Å². The van der Waals surface area contributed by atoms with Crippen LogP contribution in [0.3, 0.4) is 0 Å². The van der Waals surface area contributed by atoms with Crippen LogP contribution in [0.2, 0.25) is 0 Å². The lowest BCUT2D eigenvalue weighted by molar-refractivity contribution is -0.136. The Labute approximate surface area is 143 Å². The Morgan fingerprint density at radius 1 is 1.17 bits per heavy atom. The van der Waals surface area contributed by atoms with Crippen molar-refractivity contribution in [1.29, 1.82) is 0 Å². The molecule has 1 aliphatic carbocycles. The van der Waals surface area contributed by atoms with Crippen LogP contribution < -0.4 is 10.1 Å². The standard InChI is InChI=1S/C19H26N2O3/c1-24-17-4-2-3-14(13-17)7-10-20-18(22)15-8-11-21(12-9-15)19(23)16-5-6-16/h2-4,13,15-16H,5-12H2,1H3,(H,20,22). The van der Waals surface area contributed by atoms with Gasteiger partial charge in [0.25, 0.3) is 0 Å². The van der Waals surface area contributed by atoms with Gasteiger partial charge in [0.2, 0.25) is 11.8 Å². The van der Waals surface area contributed by atoms with E-state index >= 15 is 0 Å². The van der Waals surface area contributed by atoms with Gasteiger partial charge < -0.3 is 15.0 Å². The van der Waals surface area contributed by atoms with Crippen LogP contribution in [0, 0.1) is 11.8 Å². The molecule has 1 aromatic rings. The number of ether oxygens (including phenoxy) is 1. The highest BCUT2D eigenvalue weighted by Gasteiger charge is 2.35. The first-order valence-corrected chi connectivity index (χ1v) is 8.87. The molecule has 0 spiro atoms. The maximum absolute atomic E-state index is 12.3. The van der Waals surface area contributed by atoms with Gasteiger partial charge >= 0.3 is 0 Å². The van der Waals surface area contributed by atoms with Crippen molar-refractivity contribution in [2.45, 2.75) is 32.1 Å². The van der Waals surface area contributed by atoms with Crippen molar-refractivity contribution >= 4 is 11.8 Å². The Kier molecular flexibility index (Phi) is 5.38. The maximum Gasteiger partial charge on any atom is 0.225 e. The van der Waals surface area contributed by atoms with Crippen molar-refractivity contribution in [2.24, 2.45) is 11.8 Å². The van der Waals surface area contributed by atoms with Crippen LogP contribution in [0.4, 0.5) is 0 Å². The summed E-state index contributed by atoms with van der Waals surface area (Å²) in [5.41, 5.74) is 1.15. The van der Waals surface area contributed by atoms with Crippen LogP contribution in [-0.2, 0) is 16.0 Å². The zero-order chi connectivity index (χ0) is 16.9. The van der Waals surface area contributed by atoms with E-state index in [0.717, 1.165) is 56.5 Å². The summed E-state index contributed by atoms with van der Waals surface area (Å²) in [5, 5.41) is 3.03. The van der Waals surface area contributed by atoms with E-state index in [9.17, 15) is 9.59 Å². The highest BCUT2D eigenvalue weighted by molar-refractivity contribution is 5.82. The number of nitrogens with zero attached hydrogens (tertiary/aromatic N) is 1. The zero-order valence-electron chi connectivity index (χ0n) is 14.3. The Bertz CT molecular complexity index is 590. The van der Waals surface area contributed by atoms with Crippen LogP contribution in [0.15, 0.2) is 24.3 Å². The van der Waals surface area contributed by atoms with Gasteiger partial charge in [-0.3, -0.25) is 9.59 Å². The Balaban J connectivity index is 1.38. The van der Waals surface area contributed by atoms with Crippen LogP contribution >= 0.6 is 0 Å². The molecular weight excluding hydrogens is 304 g/mol. The minimum atomic E-state index is 0.0403. The van der Waals surface area contributed by atoms with Crippen molar-refractivity contribution < 1.29 is 14.3 Å². The van der Waals surface area contributed by atoms with E-state index in [1.807, 2.05) is 29.2 Å². The predicted octanol–water partition coefficient (Wildman–Crippen LogP) is 2.00. The van der Waals surface area contributed by atoms with Crippen LogP contribution in [0.5, 0.6) is 5.75 Å². The van der Waals surface area contributed by atoms with E-state index in [0.29, 0.717) is 12.5 Å². The lowest BCUT2D eigenvalue weighted by Gasteiger charge is -2.31. The highest BCUT2D eigenvalue weighted by Crippen LogP contribution is 2.32. The van der Waals surface area contributed by atoms with Gasteiger partial charge in [-0.1, -0.05) is 12.1 Å². The Morgan fingerprint density at radius 3 is 2.58 bits per heavy atom. The molecule has 2 aliphatic rings. The molecule has 0 aromatic heterocycles. The molecular formula is C19H26N2O3. The van der Waals surface area contributed by atoms with Crippen molar-refractivity contribution in [3.63, 3.8) is 0 Å². The number of hydrogen-bond acceptors (Lipinski definition) is 3. The summed E-state index contributed by atoms with van der Waals surface area (Å²) in [6.45, 7) is 2.08. The smallest absolute Gasteiger partial charge is 0.225 e. The topological polar surface area (TPSA) is 58.6 Å². The quantitative estimate of drug-likeness (QED) is 0.868. The number of likely N-dealkylation sites (tertiary alicyclic amines) is 1. The molecule has 24 heavy (non-hydrogen) atoms. The van der Waals surface area contributed by atoms with Gasteiger partial charge in [-0.25, -0.2) is 0 Å². The van der Waals surface area contributed by atoms with Crippen molar-refractivity contribution in [2.75, 3.05) is 26.7 Å². The van der Waals surface area contributed by atoms with Crippen molar-refractivity contribution in [3.05, 3.63) is 29.8 Å². The molecule has 1 saturated carbocycles. The van der Waals surface area contributed by atoms with Gasteiger partial charge in [0, 0.05) is 31.5 Å². The van der Waals surface area contributed by atoms with Crippen LogP contribution in [-0.4, -0.2) is 43.5 Å². The van der Waals surface area contributed by atoms with Crippen LogP contribution in [0.25, 0.3) is 0 Å². The van der Waals surface area contributed by atoms with Crippen molar-refractivity contribution in [1.82, 2.24) is 10.2 Å². The monoisotopic (exact) mass is 330 g/mol. The first kappa shape index (κ1) is 16.8. The van der Waals surface area contributed by atoms with Gasteiger partial charge in [0.15, 0.2) is 0 Å². The number of methoxy groups -OCH3 is 1. The molecule has 2 fully saturated rings. The molecule has 3 rings (SSSR count). The maximum atomic E-state index is 12.3. The number of hydrogen-bond donors (Lipinski definition) is 1. The molecule has 2 amide bonds. The van der Waals surface area contributed by atoms with Gasteiger partial charge in [-0.2, -0.15) is 0 Å². The number of benzene rings is 1. The molecule has 1 heterocycles. The van der Waals surface area contributed by atoms with Gasteiger partial charge in [-0.15, -0.1) is 0 Å². The summed E-state index contributed by atoms with van der Waals surface area (Å²) in [6.07, 6.45) is 4.45. The summed E-state index contributed by atoms with van der Waals surface area (Å²) < 4.78 is 5.21. The fourth-order valence-corrected chi connectivity index (χ4v) is 3.25. The molecule has 0 bridgehead atoms. The molecule has 5 heteroatoms. The second-order valence-electron chi connectivity index (χ2n) is 6.77. The molecule has 0 radical (unpaired) electrons. The van der Waals surface area contributed by atoms with E-state index in [1.165, 1.54) is 0 Å². The van der Waals surface area contributed by atoms with Crippen LogP contribution in [0.1, 0.15) is 31.2 Å². The number of piperidine rings is 1. The third-order valence-electron chi connectivity index (χ3n) is 4.95. The van der Waals surface area contributed by atoms with Crippen molar-refractivity contribution in [3.8, 4) is 5.75 Å². The van der Waals surface area contributed by atoms with E-state index in [1.54, 1.807) is 7.11 Å². The first-order chi connectivity index (χ1) is 11.7. The number of carbonyl (C=O) groups excluding carboxylic acids is 2. The average molecular weight is 330 g/mol. The second kappa shape index (κ2) is 7.69. The largest absolute Gasteiger partial charge is 0.497 e. The Hall–Kier alpha value is -2.04. The average Bonchev–Trinajstić information content (AvgIpc) is 3.46. The van der Waals surface area contributed by atoms with Gasteiger partial charge in [-0.05, 0) is 49.8 Å². The SMILES string of the molecule is COc1cccc(CCNC(=O)C2CCN(C(=O)C3CC3)CC2)c1. The molecule has 1 aliphatic heterocycles. The molecule has 1 saturated heterocycles. The van der Waals surface area contributed by atoms with E-state index in [2.05, 4.69) is 5.32 Å². The summed E-state index contributed by atoms with van der Waals surface area (Å²) in [4.78, 5) is 26.3. The number of rotatable bonds is 6. The second-order valence-corrected chi connectivity index (χ2v) is 6.77. The molecule has 0 unspecified atom stereocenters. The summed E-state index contributed by atoms with van der Waals surface area (Å²) in [7, 11) is 1.65. The predicted molar refractivity (Wildman–Crippen MR) is 91.7 cm³/mol. The minimum absolute atomic E-state index is 0.0403. The van der Waals surface area contributed by atoms with Gasteiger partial charge in [0.1, 0.15) is 5.75 Å². The molecule has 1 aromatic carbocycles. The summed E-state index contributed by atoms with van der Waals surface area (Å²) in [5.74, 6) is 1.58. The van der Waals surface area contributed by atoms with E-state index in [-0.39, 0.29) is 17.7 Å². The molecule has 0 atom stereocenters. The highest BCUT2D eigenvalue weighted by atomic mass is 16.5. The van der Waals surface area contributed by atoms with Gasteiger partial charge in [0.05, 0.1) is 7.11 Å². The lowest BCUT2D eigenvalue weighted by Crippen LogP contribution is -2.43. The summed E-state index contributed by atoms with van der Waals surface area (Å²) in [6, 6.07) is 7.91. The summed E-state index contributed by atoms with van der Waals surface area (Å²) >= 11 is 0. The lowest BCUT2D eigenvalue weighted by atomic mass is 9.95.